The molecule has 7 heteroatoms. The summed E-state index contributed by atoms with van der Waals surface area (Å²) in [5.41, 5.74) is 7.67. The highest BCUT2D eigenvalue weighted by Gasteiger charge is 2.17. The number of hydrogen-bond donors (Lipinski definition) is 4. The highest BCUT2D eigenvalue weighted by Crippen LogP contribution is 2.22. The SMILES string of the molecule is COCCCNC1=C/C(=C(/N)C(=O)OCC(O)CO)CCC1. The number of ether oxygens (including phenoxy) is 2. The van der Waals surface area contributed by atoms with Gasteiger partial charge in [0.2, 0.25) is 0 Å². The molecule has 1 unspecified atom stereocenters. The van der Waals surface area contributed by atoms with Crippen molar-refractivity contribution in [1.29, 1.82) is 0 Å². The van der Waals surface area contributed by atoms with Crippen LogP contribution in [0.15, 0.2) is 23.0 Å². The minimum Gasteiger partial charge on any atom is -0.458 e. The summed E-state index contributed by atoms with van der Waals surface area (Å²) in [5.74, 6) is -0.667. The van der Waals surface area contributed by atoms with Gasteiger partial charge in [0.15, 0.2) is 0 Å². The van der Waals surface area contributed by atoms with Gasteiger partial charge in [-0.3, -0.25) is 0 Å². The van der Waals surface area contributed by atoms with Crippen LogP contribution in [0.25, 0.3) is 0 Å². The molecule has 126 valence electrons. The van der Waals surface area contributed by atoms with Gasteiger partial charge in [-0.1, -0.05) is 0 Å². The molecule has 0 amide bonds. The zero-order valence-corrected chi connectivity index (χ0v) is 13.0. The topological polar surface area (TPSA) is 114 Å². The predicted octanol–water partition coefficient (Wildman–Crippen LogP) is -0.210. The molecule has 1 aliphatic carbocycles. The second-order valence-electron chi connectivity index (χ2n) is 5.17. The van der Waals surface area contributed by atoms with E-state index in [1.54, 1.807) is 7.11 Å². The van der Waals surface area contributed by atoms with Gasteiger partial charge in [0.25, 0.3) is 0 Å². The Kier molecular flexibility index (Phi) is 8.57. The first kappa shape index (κ1) is 18.5. The number of nitrogens with two attached hydrogens (primary N) is 1. The average Bonchev–Trinajstić information content (AvgIpc) is 2.55. The fourth-order valence-electron chi connectivity index (χ4n) is 2.07. The largest absolute Gasteiger partial charge is 0.458 e. The summed E-state index contributed by atoms with van der Waals surface area (Å²) in [4.78, 5) is 11.8. The van der Waals surface area contributed by atoms with Crippen LogP contribution in [0.3, 0.4) is 0 Å². The first-order valence-corrected chi connectivity index (χ1v) is 7.46. The van der Waals surface area contributed by atoms with Crippen molar-refractivity contribution in [3.8, 4) is 0 Å². The van der Waals surface area contributed by atoms with Crippen LogP contribution in [0, 0.1) is 0 Å². The molecule has 0 radical (unpaired) electrons. The second kappa shape index (κ2) is 10.2. The zero-order valence-electron chi connectivity index (χ0n) is 13.0. The lowest BCUT2D eigenvalue weighted by atomic mass is 9.97. The number of aliphatic hydroxyl groups is 2. The number of esters is 1. The molecule has 5 N–H and O–H groups in total. The number of nitrogens with one attached hydrogen (secondary N) is 1. The Hall–Kier alpha value is -1.57. The Balaban J connectivity index is 2.57. The summed E-state index contributed by atoms with van der Waals surface area (Å²) in [6, 6.07) is 0. The van der Waals surface area contributed by atoms with Crippen LogP contribution >= 0.6 is 0 Å². The first-order valence-electron chi connectivity index (χ1n) is 7.46. The quantitative estimate of drug-likeness (QED) is 0.264. The van der Waals surface area contributed by atoms with Crippen LogP contribution in [0.2, 0.25) is 0 Å². The van der Waals surface area contributed by atoms with Crippen LogP contribution in [0.5, 0.6) is 0 Å². The lowest BCUT2D eigenvalue weighted by Crippen LogP contribution is -2.26. The van der Waals surface area contributed by atoms with Crippen molar-refractivity contribution in [2.45, 2.75) is 31.8 Å². The molecule has 0 aromatic rings. The Morgan fingerprint density at radius 1 is 1.50 bits per heavy atom. The van der Waals surface area contributed by atoms with E-state index in [1.165, 1.54) is 0 Å². The minimum atomic E-state index is -1.08. The average molecular weight is 314 g/mol. The van der Waals surface area contributed by atoms with E-state index in [0.29, 0.717) is 13.0 Å². The van der Waals surface area contributed by atoms with Crippen molar-refractivity contribution >= 4 is 5.97 Å². The monoisotopic (exact) mass is 314 g/mol. The van der Waals surface area contributed by atoms with Crippen LogP contribution in [-0.4, -0.2) is 55.8 Å². The molecule has 22 heavy (non-hydrogen) atoms. The molecule has 0 bridgehead atoms. The lowest BCUT2D eigenvalue weighted by Gasteiger charge is -2.18. The van der Waals surface area contributed by atoms with Gasteiger partial charge < -0.3 is 30.7 Å². The fourth-order valence-corrected chi connectivity index (χ4v) is 2.07. The van der Waals surface area contributed by atoms with Gasteiger partial charge in [-0.05, 0) is 37.3 Å². The maximum atomic E-state index is 11.8. The smallest absolute Gasteiger partial charge is 0.354 e. The van der Waals surface area contributed by atoms with Crippen LogP contribution in [0.1, 0.15) is 25.7 Å². The second-order valence-corrected chi connectivity index (χ2v) is 5.17. The van der Waals surface area contributed by atoms with Gasteiger partial charge in [-0.2, -0.15) is 0 Å². The van der Waals surface area contributed by atoms with Gasteiger partial charge >= 0.3 is 5.97 Å². The Morgan fingerprint density at radius 3 is 2.95 bits per heavy atom. The van der Waals surface area contributed by atoms with E-state index in [9.17, 15) is 4.79 Å². The van der Waals surface area contributed by atoms with Crippen LogP contribution < -0.4 is 11.1 Å². The number of methoxy groups -OCH3 is 1. The molecule has 7 nitrogen and oxygen atoms in total. The highest BCUT2D eigenvalue weighted by atomic mass is 16.5. The third-order valence-electron chi connectivity index (χ3n) is 3.30. The standard InChI is InChI=1S/C15H26N2O5/c1-21-7-3-6-17-12-5-2-4-11(8-12)14(16)15(20)22-10-13(19)9-18/h8,13,17-19H,2-7,9-10,16H2,1H3/b14-11+. The zero-order chi connectivity index (χ0) is 16.4. The van der Waals surface area contributed by atoms with Gasteiger partial charge in [0.05, 0.1) is 6.61 Å². The molecule has 1 atom stereocenters. The fraction of sp³-hybridized carbons (Fsp3) is 0.667. The normalized spacial score (nSPS) is 18.4. The summed E-state index contributed by atoms with van der Waals surface area (Å²) >= 11 is 0. The highest BCUT2D eigenvalue weighted by molar-refractivity contribution is 5.89. The summed E-state index contributed by atoms with van der Waals surface area (Å²) in [5, 5.41) is 21.2. The lowest BCUT2D eigenvalue weighted by molar-refractivity contribution is -0.142. The number of rotatable bonds is 9. The van der Waals surface area contributed by atoms with Crippen molar-refractivity contribution in [2.75, 3.05) is 33.5 Å². The molecule has 0 saturated heterocycles. The summed E-state index contributed by atoms with van der Waals surface area (Å²) in [6.45, 7) is 0.777. The number of carbonyl (C=O) groups excluding carboxylic acids is 1. The molecule has 0 aliphatic heterocycles. The Morgan fingerprint density at radius 2 is 2.27 bits per heavy atom. The number of aliphatic hydroxyl groups excluding tert-OH is 2. The molecule has 0 fully saturated rings. The van der Waals surface area contributed by atoms with Gasteiger partial charge in [-0.15, -0.1) is 0 Å². The van der Waals surface area contributed by atoms with Crippen LogP contribution in [0.4, 0.5) is 0 Å². The van der Waals surface area contributed by atoms with Crippen LogP contribution in [-0.2, 0) is 14.3 Å². The van der Waals surface area contributed by atoms with E-state index < -0.39 is 18.7 Å². The maximum Gasteiger partial charge on any atom is 0.354 e. The van der Waals surface area contributed by atoms with E-state index in [2.05, 4.69) is 5.32 Å². The summed E-state index contributed by atoms with van der Waals surface area (Å²) in [6.07, 6.45) is 4.25. The molecule has 0 aromatic carbocycles. The Bertz CT molecular complexity index is 420. The third-order valence-corrected chi connectivity index (χ3v) is 3.30. The van der Waals surface area contributed by atoms with Gasteiger partial charge in [-0.25, -0.2) is 4.79 Å². The first-order chi connectivity index (χ1) is 10.6. The predicted molar refractivity (Wildman–Crippen MR) is 81.7 cm³/mol. The van der Waals surface area contributed by atoms with E-state index in [-0.39, 0.29) is 12.3 Å². The van der Waals surface area contributed by atoms with Gasteiger partial charge in [0.1, 0.15) is 18.4 Å². The summed E-state index contributed by atoms with van der Waals surface area (Å²) in [7, 11) is 1.67. The third kappa shape index (κ3) is 6.46. The molecular formula is C15H26N2O5. The molecule has 1 aliphatic rings. The molecule has 0 saturated carbocycles. The molecule has 0 spiro atoms. The Labute approximate surface area is 130 Å². The minimum absolute atomic E-state index is 0.0565. The number of carbonyl (C=O) groups is 1. The molecule has 0 aromatic heterocycles. The van der Waals surface area contributed by atoms with E-state index >= 15 is 0 Å². The van der Waals surface area contributed by atoms with E-state index in [4.69, 9.17) is 25.4 Å². The molecular weight excluding hydrogens is 288 g/mol. The van der Waals surface area contributed by atoms with Crippen molar-refractivity contribution in [3.63, 3.8) is 0 Å². The van der Waals surface area contributed by atoms with Crippen molar-refractivity contribution in [1.82, 2.24) is 5.32 Å². The molecule has 0 heterocycles. The molecule has 1 rings (SSSR count). The summed E-state index contributed by atoms with van der Waals surface area (Å²) < 4.78 is 9.85. The number of allylic oxidation sites excluding steroid dienone is 3. The van der Waals surface area contributed by atoms with Crippen molar-refractivity contribution in [3.05, 3.63) is 23.0 Å². The van der Waals surface area contributed by atoms with E-state index in [1.807, 2.05) is 6.08 Å². The van der Waals surface area contributed by atoms with Crippen molar-refractivity contribution in [2.24, 2.45) is 5.73 Å². The number of hydrogen-bond acceptors (Lipinski definition) is 7. The van der Waals surface area contributed by atoms with Gasteiger partial charge in [0, 0.05) is 26.0 Å². The van der Waals surface area contributed by atoms with Crippen molar-refractivity contribution < 1.29 is 24.5 Å². The maximum absolute atomic E-state index is 11.8. The van der Waals surface area contributed by atoms with E-state index in [0.717, 1.165) is 37.1 Å².